The van der Waals surface area contributed by atoms with Gasteiger partial charge < -0.3 is 15.2 Å². The number of anilines is 1. The first-order valence-corrected chi connectivity index (χ1v) is 6.82. The van der Waals surface area contributed by atoms with Crippen LogP contribution < -0.4 is 10.1 Å². The summed E-state index contributed by atoms with van der Waals surface area (Å²) in [5, 5.41) is 23.3. The van der Waals surface area contributed by atoms with Crippen molar-refractivity contribution in [3.63, 3.8) is 0 Å². The summed E-state index contributed by atoms with van der Waals surface area (Å²) in [6.45, 7) is 4.46. The second kappa shape index (κ2) is 6.09. The van der Waals surface area contributed by atoms with Crippen molar-refractivity contribution in [1.82, 2.24) is 0 Å². The van der Waals surface area contributed by atoms with E-state index < -0.39 is 4.92 Å². The highest BCUT2D eigenvalue weighted by molar-refractivity contribution is 5.56. The second-order valence-corrected chi connectivity index (χ2v) is 5.51. The van der Waals surface area contributed by atoms with Crippen LogP contribution in [0.5, 0.6) is 5.75 Å². The molecule has 0 bridgehead atoms. The van der Waals surface area contributed by atoms with Gasteiger partial charge in [0.15, 0.2) is 0 Å². The number of hydrogen-bond donors (Lipinski definition) is 2. The Labute approximate surface area is 117 Å². The van der Waals surface area contributed by atoms with Gasteiger partial charge in [0.05, 0.1) is 23.2 Å². The Morgan fingerprint density at radius 1 is 1.45 bits per heavy atom. The number of hydrogen-bond acceptors (Lipinski definition) is 5. The van der Waals surface area contributed by atoms with Crippen LogP contribution in [0.3, 0.4) is 0 Å². The fourth-order valence-corrected chi connectivity index (χ4v) is 2.26. The van der Waals surface area contributed by atoms with Crippen molar-refractivity contribution in [1.29, 1.82) is 0 Å². The maximum absolute atomic E-state index is 10.9. The number of nitro groups is 1. The molecular formula is C14H20N2O4. The van der Waals surface area contributed by atoms with Crippen LogP contribution in [0.25, 0.3) is 0 Å². The highest BCUT2D eigenvalue weighted by Crippen LogP contribution is 2.30. The number of non-ortho nitro benzene ring substituents is 1. The van der Waals surface area contributed by atoms with Crippen molar-refractivity contribution in [3.8, 4) is 5.75 Å². The van der Waals surface area contributed by atoms with Crippen LogP contribution in [0.1, 0.15) is 26.7 Å². The minimum Gasteiger partial charge on any atom is -0.491 e. The molecule has 20 heavy (non-hydrogen) atoms. The summed E-state index contributed by atoms with van der Waals surface area (Å²) in [4.78, 5) is 10.5. The Balaban J connectivity index is 2.05. The van der Waals surface area contributed by atoms with Crippen molar-refractivity contribution in [3.05, 3.63) is 28.3 Å². The predicted molar refractivity (Wildman–Crippen MR) is 76.1 cm³/mol. The third-order valence-electron chi connectivity index (χ3n) is 3.28. The Hall–Kier alpha value is -1.82. The first kappa shape index (κ1) is 14.6. The van der Waals surface area contributed by atoms with E-state index in [1.165, 1.54) is 12.1 Å². The van der Waals surface area contributed by atoms with Crippen molar-refractivity contribution in [2.75, 3.05) is 11.9 Å². The van der Waals surface area contributed by atoms with Gasteiger partial charge in [0.25, 0.3) is 5.69 Å². The molecule has 110 valence electrons. The average molecular weight is 280 g/mol. The fraction of sp³-hybridized carbons (Fsp3) is 0.571. The smallest absolute Gasteiger partial charge is 0.275 e. The van der Waals surface area contributed by atoms with Crippen molar-refractivity contribution in [2.45, 2.75) is 38.9 Å². The molecular weight excluding hydrogens is 260 g/mol. The van der Waals surface area contributed by atoms with E-state index >= 15 is 0 Å². The number of nitrogens with zero attached hydrogens (tertiary/aromatic N) is 1. The Bertz CT molecular complexity index is 484. The average Bonchev–Trinajstić information content (AvgIpc) is 2.32. The zero-order valence-corrected chi connectivity index (χ0v) is 11.7. The fourth-order valence-electron chi connectivity index (χ4n) is 2.26. The summed E-state index contributed by atoms with van der Waals surface area (Å²) in [5.74, 6) is 0.920. The Kier molecular flexibility index (Phi) is 4.44. The molecule has 0 saturated heterocycles. The van der Waals surface area contributed by atoms with Crippen LogP contribution in [0.15, 0.2) is 18.2 Å². The lowest BCUT2D eigenvalue weighted by molar-refractivity contribution is -0.384. The van der Waals surface area contributed by atoms with E-state index in [0.717, 1.165) is 12.8 Å². The zero-order valence-electron chi connectivity index (χ0n) is 11.7. The van der Waals surface area contributed by atoms with E-state index in [2.05, 4.69) is 5.32 Å². The van der Waals surface area contributed by atoms with Crippen LogP contribution >= 0.6 is 0 Å². The first-order valence-electron chi connectivity index (χ1n) is 6.82. The first-order chi connectivity index (χ1) is 9.44. The molecule has 0 amide bonds. The van der Waals surface area contributed by atoms with Gasteiger partial charge in [0.1, 0.15) is 5.75 Å². The number of ether oxygens (including phenoxy) is 1. The lowest BCUT2D eigenvalue weighted by atomic mass is 9.82. The van der Waals surface area contributed by atoms with E-state index in [1.54, 1.807) is 6.07 Å². The number of nitrogens with one attached hydrogen (secondary N) is 1. The normalized spacial score (nSPS) is 21.4. The van der Waals surface area contributed by atoms with Crippen molar-refractivity contribution >= 4 is 11.4 Å². The van der Waals surface area contributed by atoms with E-state index in [9.17, 15) is 15.2 Å². The van der Waals surface area contributed by atoms with Crippen molar-refractivity contribution in [2.24, 2.45) is 5.92 Å². The van der Waals surface area contributed by atoms with Crippen LogP contribution in [-0.2, 0) is 0 Å². The van der Waals surface area contributed by atoms with Crippen LogP contribution in [0.2, 0.25) is 0 Å². The van der Waals surface area contributed by atoms with Gasteiger partial charge in [-0.15, -0.1) is 0 Å². The maximum atomic E-state index is 10.9. The summed E-state index contributed by atoms with van der Waals surface area (Å²) in [6.07, 6.45) is 1.35. The lowest BCUT2D eigenvalue weighted by Gasteiger charge is -2.31. The summed E-state index contributed by atoms with van der Waals surface area (Å²) in [5.41, 5.74) is 0.690. The number of aliphatic hydroxyl groups excluding tert-OH is 1. The van der Waals surface area contributed by atoms with Gasteiger partial charge in [0.2, 0.25) is 0 Å². The molecule has 1 saturated carbocycles. The second-order valence-electron chi connectivity index (χ2n) is 5.51. The van der Waals surface area contributed by atoms with Crippen molar-refractivity contribution < 1.29 is 14.8 Å². The maximum Gasteiger partial charge on any atom is 0.275 e. The van der Waals surface area contributed by atoms with Gasteiger partial charge >= 0.3 is 0 Å². The molecule has 1 aromatic carbocycles. The summed E-state index contributed by atoms with van der Waals surface area (Å²) in [6, 6.07) is 4.70. The Morgan fingerprint density at radius 3 is 2.70 bits per heavy atom. The summed E-state index contributed by atoms with van der Waals surface area (Å²) < 4.78 is 5.53. The number of rotatable bonds is 6. The van der Waals surface area contributed by atoms with Crippen LogP contribution in [0, 0.1) is 16.0 Å². The number of benzene rings is 1. The lowest BCUT2D eigenvalue weighted by Crippen LogP contribution is -2.33. The molecule has 0 heterocycles. The molecule has 2 rings (SSSR count). The SMILES string of the molecule is CC(C)Oc1cc(NCC2CC(O)C2)cc([N+](=O)[O-])c1. The van der Waals surface area contributed by atoms with Gasteiger partial charge in [-0.3, -0.25) is 10.1 Å². The molecule has 0 spiro atoms. The molecule has 1 aromatic rings. The Morgan fingerprint density at radius 2 is 2.15 bits per heavy atom. The third kappa shape index (κ3) is 3.84. The predicted octanol–water partition coefficient (Wildman–Crippen LogP) is 2.56. The van der Waals surface area contributed by atoms with Gasteiger partial charge in [-0.1, -0.05) is 0 Å². The molecule has 0 aromatic heterocycles. The molecule has 1 fully saturated rings. The third-order valence-corrected chi connectivity index (χ3v) is 3.28. The molecule has 0 radical (unpaired) electrons. The molecule has 0 unspecified atom stereocenters. The minimum absolute atomic E-state index is 0.0132. The quantitative estimate of drug-likeness (QED) is 0.618. The molecule has 1 aliphatic carbocycles. The van der Waals surface area contributed by atoms with E-state index in [0.29, 0.717) is 23.9 Å². The molecule has 1 aliphatic rings. The highest BCUT2D eigenvalue weighted by Gasteiger charge is 2.26. The molecule has 0 aliphatic heterocycles. The van der Waals surface area contributed by atoms with Crippen LogP contribution in [0.4, 0.5) is 11.4 Å². The number of aliphatic hydroxyl groups is 1. The standard InChI is InChI=1S/C14H20N2O4/c1-9(2)20-14-6-11(5-12(7-14)16(18)19)15-8-10-3-13(17)4-10/h5-7,9-10,13,15,17H,3-4,8H2,1-2H3. The minimum atomic E-state index is -0.425. The summed E-state index contributed by atoms with van der Waals surface area (Å²) in [7, 11) is 0. The van der Waals surface area contributed by atoms with Gasteiger partial charge in [-0.05, 0) is 32.6 Å². The molecule has 0 atom stereocenters. The van der Waals surface area contributed by atoms with E-state index in [4.69, 9.17) is 4.74 Å². The van der Waals surface area contributed by atoms with E-state index in [1.807, 2.05) is 13.8 Å². The largest absolute Gasteiger partial charge is 0.491 e. The number of nitro benzene ring substituents is 1. The zero-order chi connectivity index (χ0) is 14.7. The molecule has 6 nitrogen and oxygen atoms in total. The van der Waals surface area contributed by atoms with Gasteiger partial charge in [-0.25, -0.2) is 0 Å². The highest BCUT2D eigenvalue weighted by atomic mass is 16.6. The van der Waals surface area contributed by atoms with Gasteiger partial charge in [0, 0.05) is 24.4 Å². The van der Waals surface area contributed by atoms with E-state index in [-0.39, 0.29) is 17.9 Å². The topological polar surface area (TPSA) is 84.6 Å². The summed E-state index contributed by atoms with van der Waals surface area (Å²) >= 11 is 0. The molecule has 6 heteroatoms. The monoisotopic (exact) mass is 280 g/mol. The molecule has 2 N–H and O–H groups in total. The van der Waals surface area contributed by atoms with Crippen LogP contribution in [-0.4, -0.2) is 28.8 Å². The van der Waals surface area contributed by atoms with Gasteiger partial charge in [-0.2, -0.15) is 0 Å².